The van der Waals surface area contributed by atoms with Gasteiger partial charge in [-0.2, -0.15) is 0 Å². The molecule has 0 aliphatic rings. The molecule has 0 spiro atoms. The zero-order valence-corrected chi connectivity index (χ0v) is 9.67. The molecule has 0 saturated heterocycles. The Kier molecular flexibility index (Phi) is 3.92. The number of terminal acetylenes is 1. The van der Waals surface area contributed by atoms with Crippen LogP contribution >= 0.6 is 39.1 Å². The van der Waals surface area contributed by atoms with Crippen molar-refractivity contribution in [1.29, 1.82) is 0 Å². The molecule has 0 aromatic heterocycles. The molecule has 0 aliphatic carbocycles. The third-order valence-corrected chi connectivity index (χ3v) is 3.19. The molecule has 0 unspecified atom stereocenters. The summed E-state index contributed by atoms with van der Waals surface area (Å²) in [6, 6.07) is 3.63. The Bertz CT molecular complexity index is 357. The fourth-order valence-electron chi connectivity index (χ4n) is 0.809. The first-order chi connectivity index (χ1) is 6.16. The SMILES string of the molecule is C#CCNc1ccc(Br)c(Cl)c1Cl. The molecular formula is C9H6BrCl2N. The van der Waals surface area contributed by atoms with Crippen LogP contribution in [-0.4, -0.2) is 6.54 Å². The van der Waals surface area contributed by atoms with Gasteiger partial charge in [0.25, 0.3) is 0 Å². The van der Waals surface area contributed by atoms with Crippen molar-refractivity contribution < 1.29 is 0 Å². The molecule has 0 bridgehead atoms. The number of anilines is 1. The smallest absolute Gasteiger partial charge is 0.0835 e. The first kappa shape index (κ1) is 10.7. The first-order valence-electron chi connectivity index (χ1n) is 3.47. The van der Waals surface area contributed by atoms with E-state index < -0.39 is 0 Å². The van der Waals surface area contributed by atoms with Crippen LogP contribution in [-0.2, 0) is 0 Å². The summed E-state index contributed by atoms with van der Waals surface area (Å²) < 4.78 is 0.769. The van der Waals surface area contributed by atoms with Gasteiger partial charge < -0.3 is 5.32 Å². The van der Waals surface area contributed by atoms with Crippen LogP contribution in [0.4, 0.5) is 5.69 Å². The molecule has 1 N–H and O–H groups in total. The van der Waals surface area contributed by atoms with Crippen molar-refractivity contribution in [3.8, 4) is 12.3 Å². The zero-order chi connectivity index (χ0) is 9.84. The van der Waals surface area contributed by atoms with Crippen molar-refractivity contribution in [2.24, 2.45) is 0 Å². The summed E-state index contributed by atoms with van der Waals surface area (Å²) in [5.41, 5.74) is 0.743. The third-order valence-electron chi connectivity index (χ3n) is 1.42. The maximum absolute atomic E-state index is 5.94. The van der Waals surface area contributed by atoms with Crippen molar-refractivity contribution in [1.82, 2.24) is 0 Å². The topological polar surface area (TPSA) is 12.0 Å². The molecule has 13 heavy (non-hydrogen) atoms. The van der Waals surface area contributed by atoms with Crippen molar-refractivity contribution in [2.45, 2.75) is 0 Å². The van der Waals surface area contributed by atoms with Crippen LogP contribution < -0.4 is 5.32 Å². The summed E-state index contributed by atoms with van der Waals surface area (Å²) in [6.07, 6.45) is 5.10. The van der Waals surface area contributed by atoms with Crippen LogP contribution in [0.1, 0.15) is 0 Å². The summed E-state index contributed by atoms with van der Waals surface area (Å²) in [5.74, 6) is 2.45. The van der Waals surface area contributed by atoms with Gasteiger partial charge in [-0.05, 0) is 28.1 Å². The third kappa shape index (κ3) is 2.54. The Balaban J connectivity index is 2.98. The number of rotatable bonds is 2. The summed E-state index contributed by atoms with van der Waals surface area (Å²) in [4.78, 5) is 0. The van der Waals surface area contributed by atoms with E-state index in [1.165, 1.54) is 0 Å². The molecule has 0 aliphatic heterocycles. The monoisotopic (exact) mass is 277 g/mol. The van der Waals surface area contributed by atoms with Gasteiger partial charge >= 0.3 is 0 Å². The molecule has 0 radical (unpaired) electrons. The molecular weight excluding hydrogens is 273 g/mol. The van der Waals surface area contributed by atoms with Gasteiger partial charge in [0.05, 0.1) is 22.3 Å². The Morgan fingerprint density at radius 3 is 2.69 bits per heavy atom. The molecule has 0 saturated carbocycles. The van der Waals surface area contributed by atoms with E-state index in [1.54, 1.807) is 0 Å². The quantitative estimate of drug-likeness (QED) is 0.641. The van der Waals surface area contributed by atoms with Crippen LogP contribution in [0.5, 0.6) is 0 Å². The molecule has 4 heteroatoms. The highest BCUT2D eigenvalue weighted by Crippen LogP contribution is 2.35. The molecule has 0 atom stereocenters. The van der Waals surface area contributed by atoms with Crippen LogP contribution in [0, 0.1) is 12.3 Å². The van der Waals surface area contributed by atoms with Crippen LogP contribution in [0.25, 0.3) is 0 Å². The highest BCUT2D eigenvalue weighted by Gasteiger charge is 2.06. The predicted molar refractivity (Wildman–Crippen MR) is 61.5 cm³/mol. The summed E-state index contributed by atoms with van der Waals surface area (Å²) in [5, 5.41) is 3.92. The lowest BCUT2D eigenvalue weighted by Crippen LogP contribution is -1.98. The van der Waals surface area contributed by atoms with Gasteiger partial charge in [0.15, 0.2) is 0 Å². The lowest BCUT2D eigenvalue weighted by atomic mass is 10.3. The number of halogens is 3. The molecule has 0 amide bonds. The highest BCUT2D eigenvalue weighted by atomic mass is 79.9. The standard InChI is InChI=1S/C9H6BrCl2N/c1-2-5-13-7-4-3-6(10)8(11)9(7)12/h1,3-4,13H,5H2. The Hall–Kier alpha value is -0.360. The van der Waals surface area contributed by atoms with Gasteiger partial charge in [-0.1, -0.05) is 29.1 Å². The van der Waals surface area contributed by atoms with Gasteiger partial charge in [-0.25, -0.2) is 0 Å². The molecule has 1 nitrogen and oxygen atoms in total. The van der Waals surface area contributed by atoms with E-state index in [1.807, 2.05) is 12.1 Å². The van der Waals surface area contributed by atoms with Gasteiger partial charge in [0.2, 0.25) is 0 Å². The highest BCUT2D eigenvalue weighted by molar-refractivity contribution is 9.10. The fourth-order valence-corrected chi connectivity index (χ4v) is 1.65. The Labute approximate surface area is 95.5 Å². The van der Waals surface area contributed by atoms with E-state index in [0.717, 1.165) is 10.2 Å². The summed E-state index contributed by atoms with van der Waals surface area (Å²) in [7, 11) is 0. The van der Waals surface area contributed by atoms with E-state index >= 15 is 0 Å². The normalized spacial score (nSPS) is 9.38. The van der Waals surface area contributed by atoms with Crippen LogP contribution in [0.2, 0.25) is 10.0 Å². The van der Waals surface area contributed by atoms with Gasteiger partial charge in [0.1, 0.15) is 0 Å². The van der Waals surface area contributed by atoms with Gasteiger partial charge in [-0.3, -0.25) is 0 Å². The van der Waals surface area contributed by atoms with Gasteiger partial charge in [-0.15, -0.1) is 6.42 Å². The number of nitrogens with one attached hydrogen (secondary N) is 1. The summed E-state index contributed by atoms with van der Waals surface area (Å²) >= 11 is 15.1. The second-order valence-electron chi connectivity index (χ2n) is 2.28. The largest absolute Gasteiger partial charge is 0.373 e. The second kappa shape index (κ2) is 4.76. The van der Waals surface area contributed by atoms with Crippen molar-refractivity contribution in [3.05, 3.63) is 26.7 Å². The fraction of sp³-hybridized carbons (Fsp3) is 0.111. The first-order valence-corrected chi connectivity index (χ1v) is 5.02. The maximum Gasteiger partial charge on any atom is 0.0835 e. The minimum absolute atomic E-state index is 0.428. The Morgan fingerprint density at radius 2 is 2.08 bits per heavy atom. The number of benzene rings is 1. The van der Waals surface area contributed by atoms with E-state index in [9.17, 15) is 0 Å². The van der Waals surface area contributed by atoms with Gasteiger partial charge in [0, 0.05) is 4.47 Å². The van der Waals surface area contributed by atoms with E-state index in [4.69, 9.17) is 29.6 Å². The Morgan fingerprint density at radius 1 is 1.38 bits per heavy atom. The lowest BCUT2D eigenvalue weighted by molar-refractivity contribution is 1.38. The average Bonchev–Trinajstić information content (AvgIpc) is 2.13. The van der Waals surface area contributed by atoms with E-state index in [2.05, 4.69) is 27.2 Å². The average molecular weight is 279 g/mol. The molecule has 1 rings (SSSR count). The van der Waals surface area contributed by atoms with Crippen LogP contribution in [0.15, 0.2) is 16.6 Å². The number of hydrogen-bond acceptors (Lipinski definition) is 1. The summed E-state index contributed by atoms with van der Waals surface area (Å²) in [6.45, 7) is 0.428. The molecule has 0 fully saturated rings. The second-order valence-corrected chi connectivity index (χ2v) is 3.89. The van der Waals surface area contributed by atoms with E-state index in [0.29, 0.717) is 16.6 Å². The van der Waals surface area contributed by atoms with Crippen molar-refractivity contribution >= 4 is 44.8 Å². The van der Waals surface area contributed by atoms with Crippen molar-refractivity contribution in [3.63, 3.8) is 0 Å². The van der Waals surface area contributed by atoms with Crippen LogP contribution in [0.3, 0.4) is 0 Å². The van der Waals surface area contributed by atoms with Crippen molar-refractivity contribution in [2.75, 3.05) is 11.9 Å². The molecule has 1 aromatic rings. The minimum Gasteiger partial charge on any atom is -0.373 e. The molecule has 68 valence electrons. The predicted octanol–water partition coefficient (Wildman–Crippen LogP) is 3.80. The zero-order valence-electron chi connectivity index (χ0n) is 6.57. The molecule has 0 heterocycles. The van der Waals surface area contributed by atoms with E-state index in [-0.39, 0.29) is 0 Å². The maximum atomic E-state index is 5.94. The number of hydrogen-bond donors (Lipinski definition) is 1. The minimum atomic E-state index is 0.428. The lowest BCUT2D eigenvalue weighted by Gasteiger charge is -2.07. The molecule has 1 aromatic carbocycles.